The average Bonchev–Trinajstić information content (AvgIpc) is 2.63. The van der Waals surface area contributed by atoms with Crippen molar-refractivity contribution in [3.05, 3.63) is 102 Å². The second kappa shape index (κ2) is 7.07. The van der Waals surface area contributed by atoms with Crippen LogP contribution in [0, 0.1) is 0 Å². The molecule has 0 saturated carbocycles. The molecular weight excluding hydrogens is 380 g/mol. The van der Waals surface area contributed by atoms with Crippen LogP contribution < -0.4 is 21.8 Å². The van der Waals surface area contributed by atoms with E-state index in [0.717, 1.165) is 15.6 Å². The van der Waals surface area contributed by atoms with Crippen LogP contribution in [0.1, 0.15) is 11.1 Å². The number of hydrogen-bond acceptors (Lipinski definition) is 2. The van der Waals surface area contributed by atoms with Gasteiger partial charge in [-0.05, 0) is 35.4 Å². The molecule has 5 heteroatoms. The molecule has 0 bridgehead atoms. The zero-order chi connectivity index (χ0) is 18.0. The second-order valence-corrected chi connectivity index (χ2v) is 6.67. The average molecular weight is 397 g/mol. The molecule has 25 heavy (non-hydrogen) atoms. The predicted octanol–water partition coefficient (Wildman–Crippen LogP) is 1.50. The van der Waals surface area contributed by atoms with Crippen molar-refractivity contribution < 1.29 is 0 Å². The van der Waals surface area contributed by atoms with Crippen LogP contribution in [-0.4, -0.2) is 9.13 Å². The molecule has 0 aliphatic carbocycles. The topological polar surface area (TPSA) is 44.0 Å². The van der Waals surface area contributed by atoms with E-state index in [-0.39, 0.29) is 11.1 Å². The minimum absolute atomic E-state index is 0.214. The lowest BCUT2D eigenvalue weighted by Crippen LogP contribution is -2.56. The van der Waals surface area contributed by atoms with Crippen molar-refractivity contribution >= 4 is 28.1 Å². The maximum atomic E-state index is 12.8. The minimum Gasteiger partial charge on any atom is -0.305 e. The lowest BCUT2D eigenvalue weighted by Gasteiger charge is -2.05. The van der Waals surface area contributed by atoms with Crippen LogP contribution in [0.3, 0.4) is 0 Å². The maximum absolute atomic E-state index is 12.8. The van der Waals surface area contributed by atoms with Gasteiger partial charge in [0.15, 0.2) is 0 Å². The van der Waals surface area contributed by atoms with Gasteiger partial charge in [0.2, 0.25) is 0 Å². The summed E-state index contributed by atoms with van der Waals surface area (Å²) in [5.41, 5.74) is 1.30. The zero-order valence-corrected chi connectivity index (χ0v) is 15.5. The third-order valence-corrected chi connectivity index (χ3v) is 4.58. The Morgan fingerprint density at radius 3 is 1.64 bits per heavy atom. The first-order chi connectivity index (χ1) is 12.0. The highest BCUT2D eigenvalue weighted by Gasteiger charge is 2.05. The van der Waals surface area contributed by atoms with Gasteiger partial charge in [0, 0.05) is 18.6 Å². The van der Waals surface area contributed by atoms with E-state index in [0.29, 0.717) is 10.7 Å². The van der Waals surface area contributed by atoms with Crippen LogP contribution in [0.25, 0.3) is 12.2 Å². The van der Waals surface area contributed by atoms with Gasteiger partial charge in [-0.2, -0.15) is 0 Å². The fraction of sp³-hybridized carbons (Fsp3) is 0.100. The summed E-state index contributed by atoms with van der Waals surface area (Å²) >= 11 is 3.39. The Labute approximate surface area is 153 Å². The Morgan fingerprint density at radius 2 is 1.16 bits per heavy atom. The van der Waals surface area contributed by atoms with Crippen molar-refractivity contribution in [2.45, 2.75) is 0 Å². The number of halogens is 1. The normalized spacial score (nSPS) is 12.6. The van der Waals surface area contributed by atoms with E-state index in [1.165, 1.54) is 9.13 Å². The summed E-state index contributed by atoms with van der Waals surface area (Å²) in [7, 11) is 3.24. The molecule has 0 atom stereocenters. The van der Waals surface area contributed by atoms with Gasteiger partial charge in [0.05, 0.1) is 0 Å². The van der Waals surface area contributed by atoms with Gasteiger partial charge in [-0.15, -0.1) is 0 Å². The summed E-state index contributed by atoms with van der Waals surface area (Å²) in [6.45, 7) is 0. The van der Waals surface area contributed by atoms with Crippen LogP contribution in [0.5, 0.6) is 0 Å². The molecular formula is C20H17BrN2O2. The first-order valence-electron chi connectivity index (χ1n) is 7.77. The van der Waals surface area contributed by atoms with Crippen molar-refractivity contribution in [1.82, 2.24) is 9.13 Å². The zero-order valence-electron chi connectivity index (χ0n) is 13.9. The SMILES string of the molecule is Cn1c(=O)/c(=C/c2ccc(Br)cc2)n(C)c(=O)/c1=C/c1ccccc1. The summed E-state index contributed by atoms with van der Waals surface area (Å²) in [4.78, 5) is 25.5. The lowest BCUT2D eigenvalue weighted by molar-refractivity contribution is 0.696. The number of benzene rings is 2. The van der Waals surface area contributed by atoms with Crippen LogP contribution in [0.15, 0.2) is 68.7 Å². The highest BCUT2D eigenvalue weighted by atomic mass is 79.9. The smallest absolute Gasteiger partial charge is 0.274 e. The summed E-state index contributed by atoms with van der Waals surface area (Å²) in [5, 5.41) is 0.701. The largest absolute Gasteiger partial charge is 0.305 e. The molecule has 0 spiro atoms. The van der Waals surface area contributed by atoms with E-state index in [4.69, 9.17) is 0 Å². The Morgan fingerprint density at radius 1 is 0.720 bits per heavy atom. The third kappa shape index (κ3) is 3.56. The highest BCUT2D eigenvalue weighted by Crippen LogP contribution is 2.10. The summed E-state index contributed by atoms with van der Waals surface area (Å²) in [5.74, 6) is 0. The molecule has 0 aliphatic heterocycles. The monoisotopic (exact) mass is 396 g/mol. The molecule has 0 aliphatic rings. The van der Waals surface area contributed by atoms with Gasteiger partial charge in [0.1, 0.15) is 10.7 Å². The number of nitrogens with zero attached hydrogens (tertiary/aromatic N) is 2. The fourth-order valence-electron chi connectivity index (χ4n) is 2.59. The quantitative estimate of drug-likeness (QED) is 0.658. The van der Waals surface area contributed by atoms with Crippen LogP contribution in [0.2, 0.25) is 0 Å². The van der Waals surface area contributed by atoms with Crippen molar-refractivity contribution in [3.63, 3.8) is 0 Å². The first-order valence-corrected chi connectivity index (χ1v) is 8.57. The van der Waals surface area contributed by atoms with E-state index < -0.39 is 0 Å². The molecule has 0 saturated heterocycles. The summed E-state index contributed by atoms with van der Waals surface area (Å²) < 4.78 is 3.76. The fourth-order valence-corrected chi connectivity index (χ4v) is 2.85. The molecule has 0 unspecified atom stereocenters. The van der Waals surface area contributed by atoms with Gasteiger partial charge >= 0.3 is 0 Å². The molecule has 0 fully saturated rings. The Kier molecular flexibility index (Phi) is 4.86. The molecule has 126 valence electrons. The van der Waals surface area contributed by atoms with Gasteiger partial charge < -0.3 is 9.13 Å². The number of aromatic nitrogens is 2. The van der Waals surface area contributed by atoms with E-state index in [1.807, 2.05) is 54.6 Å². The lowest BCUT2D eigenvalue weighted by atomic mass is 10.2. The van der Waals surface area contributed by atoms with Crippen molar-refractivity contribution in [1.29, 1.82) is 0 Å². The van der Waals surface area contributed by atoms with Gasteiger partial charge in [-0.25, -0.2) is 0 Å². The van der Waals surface area contributed by atoms with Crippen LogP contribution >= 0.6 is 15.9 Å². The molecule has 0 radical (unpaired) electrons. The molecule has 3 aromatic rings. The molecule has 0 N–H and O–H groups in total. The Bertz CT molecular complexity index is 1140. The Balaban J connectivity index is 2.29. The van der Waals surface area contributed by atoms with Crippen molar-refractivity contribution in [2.75, 3.05) is 0 Å². The highest BCUT2D eigenvalue weighted by molar-refractivity contribution is 9.10. The molecule has 1 aromatic heterocycles. The number of hydrogen-bond donors (Lipinski definition) is 0. The van der Waals surface area contributed by atoms with Gasteiger partial charge in [-0.1, -0.05) is 58.4 Å². The standard InChI is InChI=1S/C20H17BrN2O2/c1-22-17(12-14-6-4-3-5-7-14)19(24)23(2)18(20(22)25)13-15-8-10-16(21)11-9-15/h3-13H,1-2H3/b17-12-,18-13-. The molecule has 4 nitrogen and oxygen atoms in total. The Hall–Kier alpha value is -2.66. The molecule has 3 rings (SSSR count). The maximum Gasteiger partial charge on any atom is 0.274 e. The molecule has 1 heterocycles. The van der Waals surface area contributed by atoms with Gasteiger partial charge in [-0.3, -0.25) is 9.59 Å². The predicted molar refractivity (Wildman–Crippen MR) is 104 cm³/mol. The van der Waals surface area contributed by atoms with E-state index >= 15 is 0 Å². The summed E-state index contributed by atoms with van der Waals surface area (Å²) in [6.07, 6.45) is 3.45. The third-order valence-electron chi connectivity index (χ3n) is 4.05. The minimum atomic E-state index is -0.216. The summed E-state index contributed by atoms with van der Waals surface area (Å²) in [6, 6.07) is 17.0. The second-order valence-electron chi connectivity index (χ2n) is 5.75. The molecule has 2 aromatic carbocycles. The first kappa shape index (κ1) is 17.2. The van der Waals surface area contributed by atoms with Crippen LogP contribution in [0.4, 0.5) is 0 Å². The van der Waals surface area contributed by atoms with E-state index in [1.54, 1.807) is 26.2 Å². The van der Waals surface area contributed by atoms with Gasteiger partial charge in [0.25, 0.3) is 11.1 Å². The van der Waals surface area contributed by atoms with Crippen molar-refractivity contribution in [3.8, 4) is 0 Å². The van der Waals surface area contributed by atoms with Crippen LogP contribution in [-0.2, 0) is 14.1 Å². The van der Waals surface area contributed by atoms with E-state index in [2.05, 4.69) is 15.9 Å². The number of rotatable bonds is 2. The van der Waals surface area contributed by atoms with E-state index in [9.17, 15) is 9.59 Å². The van der Waals surface area contributed by atoms with Crippen molar-refractivity contribution in [2.24, 2.45) is 14.1 Å². The molecule has 0 amide bonds.